The second-order valence-corrected chi connectivity index (χ2v) is 5.10. The Morgan fingerprint density at radius 3 is 2.78 bits per heavy atom. The Bertz CT molecular complexity index is 453. The highest BCUT2D eigenvalue weighted by Crippen LogP contribution is 2.24. The molecule has 0 saturated heterocycles. The van der Waals surface area contributed by atoms with Crippen LogP contribution in [0.4, 0.5) is 4.39 Å². The van der Waals surface area contributed by atoms with Gasteiger partial charge in [0.1, 0.15) is 11.6 Å². The fraction of sp³-hybridized carbons (Fsp3) is 0.462. The molecule has 2 N–H and O–H groups in total. The summed E-state index contributed by atoms with van der Waals surface area (Å²) in [5.41, 5.74) is 0.0749. The largest absolute Gasteiger partial charge is 0.507 e. The van der Waals surface area contributed by atoms with Crippen molar-refractivity contribution in [2.24, 2.45) is 0 Å². The molecule has 0 bridgehead atoms. The topological polar surface area (TPSA) is 49.3 Å². The molecule has 0 radical (unpaired) electrons. The van der Waals surface area contributed by atoms with Gasteiger partial charge in [0, 0.05) is 12.1 Å². The molecule has 0 aromatic heterocycles. The first-order chi connectivity index (χ1) is 8.58. The van der Waals surface area contributed by atoms with E-state index in [2.05, 4.69) is 5.32 Å². The van der Waals surface area contributed by atoms with Crippen molar-refractivity contribution in [2.45, 2.75) is 37.1 Å². The molecule has 0 heterocycles. The zero-order valence-electron chi connectivity index (χ0n) is 9.83. The van der Waals surface area contributed by atoms with E-state index in [1.807, 2.05) is 0 Å². The van der Waals surface area contributed by atoms with Gasteiger partial charge in [-0.3, -0.25) is 4.79 Å². The van der Waals surface area contributed by atoms with Crippen molar-refractivity contribution in [2.75, 3.05) is 0 Å². The van der Waals surface area contributed by atoms with Gasteiger partial charge in [-0.05, 0) is 25.0 Å². The van der Waals surface area contributed by atoms with Crippen molar-refractivity contribution in [1.29, 1.82) is 0 Å². The Hall–Kier alpha value is -1.29. The van der Waals surface area contributed by atoms with Crippen LogP contribution in [-0.4, -0.2) is 22.4 Å². The van der Waals surface area contributed by atoms with Crippen LogP contribution in [0.1, 0.15) is 36.0 Å². The zero-order chi connectivity index (χ0) is 13.1. The van der Waals surface area contributed by atoms with Crippen LogP contribution in [0.25, 0.3) is 0 Å². The lowest BCUT2D eigenvalue weighted by atomic mass is 9.94. The van der Waals surface area contributed by atoms with Crippen molar-refractivity contribution >= 4 is 17.5 Å². The maximum absolute atomic E-state index is 12.8. The maximum Gasteiger partial charge on any atom is 0.255 e. The van der Waals surface area contributed by atoms with E-state index in [1.165, 1.54) is 6.07 Å². The molecule has 18 heavy (non-hydrogen) atoms. The number of aromatic hydroxyl groups is 1. The number of alkyl halides is 1. The van der Waals surface area contributed by atoms with Gasteiger partial charge in [-0.25, -0.2) is 4.39 Å². The maximum atomic E-state index is 12.8. The second kappa shape index (κ2) is 5.57. The zero-order valence-corrected chi connectivity index (χ0v) is 10.6. The number of nitrogens with one attached hydrogen (secondary N) is 1. The van der Waals surface area contributed by atoms with Crippen molar-refractivity contribution in [1.82, 2.24) is 5.32 Å². The third kappa shape index (κ3) is 2.93. The van der Waals surface area contributed by atoms with Gasteiger partial charge in [-0.2, -0.15) is 0 Å². The highest BCUT2D eigenvalue weighted by atomic mass is 35.5. The molecule has 1 amide bonds. The minimum atomic E-state index is -0.572. The standard InChI is InChI=1S/C13H15ClFNO2/c14-10-3-1-2-4-11(10)16-13(18)9-6-5-8(15)7-12(9)17/h5-7,10-11,17H,1-4H2,(H,16,18). The first kappa shape index (κ1) is 13.1. The minimum Gasteiger partial charge on any atom is -0.507 e. The van der Waals surface area contributed by atoms with Gasteiger partial charge < -0.3 is 10.4 Å². The van der Waals surface area contributed by atoms with Crippen LogP contribution < -0.4 is 5.32 Å². The Kier molecular flexibility index (Phi) is 4.07. The summed E-state index contributed by atoms with van der Waals surface area (Å²) in [6.45, 7) is 0. The number of phenols is 1. The number of hydrogen-bond donors (Lipinski definition) is 2. The molecular formula is C13H15ClFNO2. The van der Waals surface area contributed by atoms with Crippen molar-refractivity contribution in [3.8, 4) is 5.75 Å². The molecule has 2 atom stereocenters. The predicted molar refractivity (Wildman–Crippen MR) is 67.4 cm³/mol. The summed E-state index contributed by atoms with van der Waals surface area (Å²) in [5.74, 6) is -1.34. The van der Waals surface area contributed by atoms with E-state index in [9.17, 15) is 14.3 Å². The van der Waals surface area contributed by atoms with Crippen molar-refractivity contribution < 1.29 is 14.3 Å². The third-order valence-electron chi connectivity index (χ3n) is 3.20. The van der Waals surface area contributed by atoms with Crippen molar-refractivity contribution in [3.63, 3.8) is 0 Å². The molecule has 1 aromatic carbocycles. The molecule has 0 aliphatic heterocycles. The lowest BCUT2D eigenvalue weighted by Gasteiger charge is -2.27. The molecule has 1 aromatic rings. The number of benzene rings is 1. The average Bonchev–Trinajstić information content (AvgIpc) is 2.32. The fourth-order valence-corrected chi connectivity index (χ4v) is 2.53. The molecular weight excluding hydrogens is 257 g/mol. The van der Waals surface area contributed by atoms with Crippen LogP contribution in [0.2, 0.25) is 0 Å². The molecule has 1 aliphatic carbocycles. The number of carbonyl (C=O) groups is 1. The molecule has 2 unspecified atom stereocenters. The Balaban J connectivity index is 2.07. The SMILES string of the molecule is O=C(NC1CCCCC1Cl)c1ccc(F)cc1O. The molecule has 1 aliphatic rings. The van der Waals surface area contributed by atoms with E-state index in [1.54, 1.807) is 0 Å². The van der Waals surface area contributed by atoms with Gasteiger partial charge in [0.15, 0.2) is 0 Å². The number of carbonyl (C=O) groups excluding carboxylic acids is 1. The van der Waals surface area contributed by atoms with Gasteiger partial charge >= 0.3 is 0 Å². The van der Waals surface area contributed by atoms with Crippen LogP contribution >= 0.6 is 11.6 Å². The lowest BCUT2D eigenvalue weighted by molar-refractivity contribution is 0.0926. The Morgan fingerprint density at radius 1 is 1.39 bits per heavy atom. The lowest BCUT2D eigenvalue weighted by Crippen LogP contribution is -2.42. The smallest absolute Gasteiger partial charge is 0.255 e. The molecule has 0 spiro atoms. The predicted octanol–water partition coefficient (Wildman–Crippen LogP) is 2.81. The van der Waals surface area contributed by atoms with E-state index in [0.29, 0.717) is 0 Å². The summed E-state index contributed by atoms with van der Waals surface area (Å²) in [5, 5.41) is 12.2. The molecule has 98 valence electrons. The molecule has 5 heteroatoms. The summed E-state index contributed by atoms with van der Waals surface area (Å²) < 4.78 is 12.8. The normalized spacial score (nSPS) is 23.7. The first-order valence-corrected chi connectivity index (χ1v) is 6.45. The van der Waals surface area contributed by atoms with Gasteiger partial charge in [-0.1, -0.05) is 12.8 Å². The Morgan fingerprint density at radius 2 is 2.11 bits per heavy atom. The van der Waals surface area contributed by atoms with Gasteiger partial charge in [0.05, 0.1) is 10.9 Å². The van der Waals surface area contributed by atoms with Gasteiger partial charge in [-0.15, -0.1) is 11.6 Å². The molecule has 1 saturated carbocycles. The van der Waals surface area contributed by atoms with Crippen LogP contribution in [-0.2, 0) is 0 Å². The summed E-state index contributed by atoms with van der Waals surface area (Å²) in [4.78, 5) is 11.9. The summed E-state index contributed by atoms with van der Waals surface area (Å²) in [7, 11) is 0. The number of rotatable bonds is 2. The van der Waals surface area contributed by atoms with E-state index in [4.69, 9.17) is 11.6 Å². The van der Waals surface area contributed by atoms with Crippen molar-refractivity contribution in [3.05, 3.63) is 29.6 Å². The number of amides is 1. The Labute approximate surface area is 110 Å². The molecule has 1 fully saturated rings. The highest BCUT2D eigenvalue weighted by molar-refractivity contribution is 6.21. The van der Waals surface area contributed by atoms with Crippen LogP contribution in [0.5, 0.6) is 5.75 Å². The van der Waals surface area contributed by atoms with E-state index < -0.39 is 11.7 Å². The van der Waals surface area contributed by atoms with E-state index in [-0.39, 0.29) is 22.7 Å². The molecule has 2 rings (SSSR count). The molecule has 3 nitrogen and oxygen atoms in total. The summed E-state index contributed by atoms with van der Waals surface area (Å²) in [6, 6.07) is 3.26. The average molecular weight is 272 g/mol. The van der Waals surface area contributed by atoms with Crippen LogP contribution in [0.3, 0.4) is 0 Å². The van der Waals surface area contributed by atoms with E-state index >= 15 is 0 Å². The first-order valence-electron chi connectivity index (χ1n) is 6.01. The monoisotopic (exact) mass is 271 g/mol. The van der Waals surface area contributed by atoms with Crippen LogP contribution in [0.15, 0.2) is 18.2 Å². The number of halogens is 2. The number of phenolic OH excluding ortho intramolecular Hbond substituents is 1. The third-order valence-corrected chi connectivity index (χ3v) is 3.72. The van der Waals surface area contributed by atoms with E-state index in [0.717, 1.165) is 37.8 Å². The number of hydrogen-bond acceptors (Lipinski definition) is 2. The minimum absolute atomic E-state index is 0.0749. The quantitative estimate of drug-likeness (QED) is 0.813. The van der Waals surface area contributed by atoms with Gasteiger partial charge in [0.25, 0.3) is 5.91 Å². The second-order valence-electron chi connectivity index (χ2n) is 4.54. The highest BCUT2D eigenvalue weighted by Gasteiger charge is 2.25. The fourth-order valence-electron chi connectivity index (χ4n) is 2.19. The van der Waals surface area contributed by atoms with Crippen LogP contribution in [0, 0.1) is 5.82 Å². The summed E-state index contributed by atoms with van der Waals surface area (Å²) in [6.07, 6.45) is 3.82. The van der Waals surface area contributed by atoms with Gasteiger partial charge in [0.2, 0.25) is 0 Å². The summed E-state index contributed by atoms with van der Waals surface area (Å²) >= 11 is 6.14.